The maximum Gasteiger partial charge on any atom is 0.489 e. The van der Waals surface area contributed by atoms with Gasteiger partial charge in [-0.15, -0.1) is 4.91 Å². The number of rotatable bonds is 10. The van der Waals surface area contributed by atoms with Crippen molar-refractivity contribution in [1.82, 2.24) is 39.5 Å². The molecule has 0 saturated heterocycles. The number of hydrogen-bond donors (Lipinski definition) is 9. The molecule has 0 aliphatic heterocycles. The molecule has 0 radical (unpaired) electrons. The number of aromatic nitrogens is 8. The van der Waals surface area contributed by atoms with E-state index in [1.165, 1.54) is 28.8 Å². The maximum atomic E-state index is 13.9. The van der Waals surface area contributed by atoms with Crippen LogP contribution in [0.15, 0.2) is 265 Å². The zero-order valence-corrected chi connectivity index (χ0v) is 78.2. The van der Waals surface area contributed by atoms with Crippen LogP contribution < -0.4 is 42.6 Å². The Balaban J connectivity index is 0.000000174. The maximum absolute atomic E-state index is 13.9. The first-order valence-electron chi connectivity index (χ1n) is 38.1. The molecule has 13 N–H and O–H groups in total. The van der Waals surface area contributed by atoms with E-state index in [9.17, 15) is 52.2 Å². The zero-order chi connectivity index (χ0) is 96.4. The van der Waals surface area contributed by atoms with Crippen molar-refractivity contribution in [3.63, 3.8) is 0 Å². The number of halogens is 13. The first-order valence-corrected chi connectivity index (χ1v) is 42.4. The molecule has 4 aromatic heterocycles. The Morgan fingerprint density at radius 1 is 0.500 bits per heavy atom. The van der Waals surface area contributed by atoms with Crippen molar-refractivity contribution in [1.29, 1.82) is 5.26 Å². The van der Waals surface area contributed by atoms with Gasteiger partial charge in [-0.1, -0.05) is 148 Å². The van der Waals surface area contributed by atoms with Gasteiger partial charge in [-0.3, -0.25) is 24.3 Å². The third-order valence-corrected chi connectivity index (χ3v) is 20.1. The van der Waals surface area contributed by atoms with Gasteiger partial charge < -0.3 is 67.0 Å². The fraction of sp³-hybridized carbons (Fsp3) is 0.0761. The lowest BCUT2D eigenvalue weighted by atomic mass is 9.77. The van der Waals surface area contributed by atoms with Gasteiger partial charge in [0, 0.05) is 90.5 Å². The third-order valence-electron chi connectivity index (χ3n) is 18.1. The monoisotopic (exact) mass is 2050 g/mol. The number of H-pyrrole nitrogens is 3. The number of nitro benzene ring substituents is 1. The van der Waals surface area contributed by atoms with Crippen LogP contribution in [0.25, 0.3) is 99.2 Å². The SMILES string of the molecule is CC(C)(C)ON=O.COc1ccc(-c2nc3cc(Cl)ccc3n2C(=O)c2ccc(F)c(F)c2)c2ccccc12.COc1ccc(-c2nc3ccc(Cl)cc3[nH]2)c2ccccc12.COc1ccc(B(O)O)c2ccccc12.Clc1ccc2nc(Br)[nH]c2c1.N#CBr.Nc1ccc(Cl)cc1N.Nc1ccc(Cl)cc1[N+](=O)[O-].Nc1nc2ccc(Cl)cc2[nH]1.O=C(Cl)c1ccc(F)c(F)c1. The highest BCUT2D eigenvalue weighted by atomic mass is 79.9. The molecule has 14 aromatic carbocycles. The molecule has 0 spiro atoms. The summed E-state index contributed by atoms with van der Waals surface area (Å²) in [5.74, 6) is -0.846. The predicted molar refractivity (Wildman–Crippen MR) is 526 cm³/mol. The van der Waals surface area contributed by atoms with E-state index < -0.39 is 52.1 Å². The number of nitrogens with one attached hydrogen (secondary N) is 3. The zero-order valence-electron chi connectivity index (χ0n) is 69.7. The van der Waals surface area contributed by atoms with E-state index in [2.05, 4.69) is 89.1 Å². The summed E-state index contributed by atoms with van der Waals surface area (Å²) in [5.41, 5.74) is 30.8. The van der Waals surface area contributed by atoms with Crippen LogP contribution in [0.4, 0.5) is 46.3 Å². The number of benzene rings is 14. The molecule has 0 atom stereocenters. The number of nitriles is 1. The highest BCUT2D eigenvalue weighted by molar-refractivity contribution is 9.12. The lowest BCUT2D eigenvalue weighted by molar-refractivity contribution is -0.383. The number of nitro groups is 1. The van der Waals surface area contributed by atoms with Crippen molar-refractivity contribution in [2.45, 2.75) is 26.4 Å². The molecule has 676 valence electrons. The van der Waals surface area contributed by atoms with Gasteiger partial charge in [0.1, 0.15) is 45.2 Å². The summed E-state index contributed by atoms with van der Waals surface area (Å²) in [6.07, 6.45) is 0. The molecule has 26 nitrogen and oxygen atoms in total. The summed E-state index contributed by atoms with van der Waals surface area (Å²) >= 11 is 45.5. The summed E-state index contributed by atoms with van der Waals surface area (Å²) in [7, 11) is 3.41. The molecule has 0 fully saturated rings. The number of imidazole rings is 4. The Bertz CT molecular complexity index is 7160. The minimum atomic E-state index is -1.46. The second-order valence-electron chi connectivity index (χ2n) is 28.1. The molecule has 0 saturated carbocycles. The molecule has 4 heterocycles. The Morgan fingerprint density at radius 2 is 0.924 bits per heavy atom. The molecular formula is C92H73BBr2Cl7F4N15O11. The number of fused-ring (bicyclic) bond motifs is 7. The molecule has 0 amide bonds. The van der Waals surface area contributed by atoms with Crippen LogP contribution in [0.2, 0.25) is 30.1 Å². The van der Waals surface area contributed by atoms with E-state index in [-0.39, 0.29) is 22.5 Å². The lowest BCUT2D eigenvalue weighted by Gasteiger charge is -2.12. The second-order valence-corrected chi connectivity index (χ2v) is 32.1. The van der Waals surface area contributed by atoms with E-state index in [1.54, 1.807) is 114 Å². The van der Waals surface area contributed by atoms with Crippen molar-refractivity contribution >= 4 is 242 Å². The summed E-state index contributed by atoms with van der Waals surface area (Å²) in [5, 5.41) is 46.3. The highest BCUT2D eigenvalue weighted by Gasteiger charge is 2.24. The molecular weight excluding hydrogens is 1990 g/mol. The molecule has 40 heteroatoms. The van der Waals surface area contributed by atoms with Crippen LogP contribution in [0.3, 0.4) is 0 Å². The molecule has 18 aromatic rings. The smallest absolute Gasteiger partial charge is 0.489 e. The van der Waals surface area contributed by atoms with E-state index in [0.29, 0.717) is 81.1 Å². The Hall–Kier alpha value is -13.3. The van der Waals surface area contributed by atoms with Crippen LogP contribution in [0.5, 0.6) is 17.2 Å². The van der Waals surface area contributed by atoms with Gasteiger partial charge in [0.25, 0.3) is 16.8 Å². The highest BCUT2D eigenvalue weighted by Crippen LogP contribution is 2.39. The summed E-state index contributed by atoms with van der Waals surface area (Å²) in [4.78, 5) is 75.5. The number of ether oxygens (including phenoxy) is 3. The number of aromatic amines is 3. The quantitative estimate of drug-likeness (QED) is 0.0117. The van der Waals surface area contributed by atoms with Gasteiger partial charge in [0.2, 0.25) is 0 Å². The van der Waals surface area contributed by atoms with Crippen LogP contribution in [-0.2, 0) is 4.84 Å². The Morgan fingerprint density at radius 3 is 1.40 bits per heavy atom. The minimum Gasteiger partial charge on any atom is -0.496 e. The Kier molecular flexibility index (Phi) is 37.2. The van der Waals surface area contributed by atoms with Crippen molar-refractivity contribution < 1.29 is 61.2 Å². The Labute approximate surface area is 801 Å². The van der Waals surface area contributed by atoms with Gasteiger partial charge in [0.15, 0.2) is 39.3 Å². The number of hydrogen-bond acceptors (Lipinski definition) is 21. The molecule has 0 unspecified atom stereocenters. The standard InChI is InChI=1S/C25H15ClF2N2O2.C18H13ClN2O.C11H11BO3.C7H4BrClN2.C7H3ClF2O.C7H6ClN3.C6H5ClN2O2.C6H7ClN2.C4H9NO2.CBrN/c1-32-23-11-8-18(16-4-2-3-5-17(16)23)24-29-21-13-15(26)7-10-22(21)30(24)25(31)14-6-9-19(27)20(28)12-14;1-22-17-9-7-14(12-4-2-3-5-13(12)17)18-20-15-8-6-11(19)10-16(15)21-18;1-15-11-7-6-10(12(13)14)8-4-2-3-5-9(8)11;8-7-10-5-2-1-4(9)3-6(5)11-7;8-7(11)4-1-2-5(9)6(10)3-4;8-4-1-2-5-6(3-4)11-7(9)10-5;7-4-1-2-5(8)6(3-4)9(10)11;7-4-1-2-5(8)6(9)3-4;1-4(2,3)7-5-6;2-1-3/h2-13H,1H3;2-10H,1H3,(H,20,21);2-7,13-14H,1H3;1-3H,(H,10,11);1-3H;1-3H,(H3,9,10,11);1-3H,8H2;1-3H,8-9H2;1-3H3;. The molecule has 132 heavy (non-hydrogen) atoms. The summed E-state index contributed by atoms with van der Waals surface area (Å²) < 4.78 is 70.2. The van der Waals surface area contributed by atoms with E-state index in [4.69, 9.17) is 124 Å². The number of nitrogens with two attached hydrogens (primary N) is 4. The molecule has 18 rings (SSSR count). The lowest BCUT2D eigenvalue weighted by Crippen LogP contribution is -2.30. The summed E-state index contributed by atoms with van der Waals surface area (Å²) in [6.45, 7) is 5.28. The van der Waals surface area contributed by atoms with Crippen LogP contribution in [-0.4, -0.2) is 99.6 Å². The normalized spacial score (nSPS) is 10.4. The number of methoxy groups -OCH3 is 3. The van der Waals surface area contributed by atoms with Crippen molar-refractivity contribution in [3.8, 4) is 45.0 Å². The first-order chi connectivity index (χ1) is 62.9. The summed E-state index contributed by atoms with van der Waals surface area (Å²) in [6, 6.07) is 70.7. The van der Waals surface area contributed by atoms with Gasteiger partial charge in [0.05, 0.1) is 81.8 Å². The van der Waals surface area contributed by atoms with Gasteiger partial charge >= 0.3 is 7.12 Å². The third kappa shape index (κ3) is 27.9. The average molecular weight is 2060 g/mol. The van der Waals surface area contributed by atoms with Gasteiger partial charge in [-0.05, 0) is 240 Å². The molecule has 0 aliphatic carbocycles. The van der Waals surface area contributed by atoms with Gasteiger partial charge in [-0.2, -0.15) is 5.26 Å². The van der Waals surface area contributed by atoms with Crippen molar-refractivity contribution in [2.75, 3.05) is 44.3 Å². The van der Waals surface area contributed by atoms with Gasteiger partial charge in [-0.25, -0.2) is 37.5 Å². The van der Waals surface area contributed by atoms with E-state index in [0.717, 1.165) is 123 Å². The second kappa shape index (κ2) is 48.0. The fourth-order valence-corrected chi connectivity index (χ4v) is 13.8. The number of carbonyl (C=O) groups excluding carboxylic acids is 2. The predicted octanol–water partition coefficient (Wildman–Crippen LogP) is 24.9. The van der Waals surface area contributed by atoms with Crippen molar-refractivity contribution in [3.05, 3.63) is 339 Å². The van der Waals surface area contributed by atoms with Crippen LogP contribution in [0.1, 0.15) is 41.5 Å². The number of carbonyl (C=O) groups is 2. The average Bonchev–Trinajstić information content (AvgIpc) is 1.57. The largest absolute Gasteiger partial charge is 0.496 e. The fourth-order valence-electron chi connectivity index (χ4n) is 12.2. The molecule has 0 aliphatic rings. The molecule has 0 bridgehead atoms. The van der Waals surface area contributed by atoms with Crippen molar-refractivity contribution in [2.24, 2.45) is 5.34 Å². The van der Waals surface area contributed by atoms with Crippen LogP contribution in [0, 0.1) is 48.5 Å². The van der Waals surface area contributed by atoms with Crippen LogP contribution >= 0.6 is 113 Å². The number of anilines is 4. The number of nitrogens with zero attached hydrogens (tertiary/aromatic N) is 8. The topological polar surface area (TPSA) is 416 Å². The first kappa shape index (κ1) is 102. The minimum absolute atomic E-state index is 0.00258. The number of nitrogen functional groups attached to an aromatic ring is 4. The van der Waals surface area contributed by atoms with E-state index in [1.807, 2.05) is 121 Å². The van der Waals surface area contributed by atoms with E-state index >= 15 is 0 Å².